The molecule has 6 rings (SSSR count). The first kappa shape index (κ1) is 28.9. The Labute approximate surface area is 253 Å². The number of hydrogen-bond acceptors (Lipinski definition) is 4. The second-order valence-corrected chi connectivity index (χ2v) is 10.3. The Morgan fingerprint density at radius 2 is 1.16 bits per heavy atom. The van der Waals surface area contributed by atoms with Crippen LogP contribution in [0.5, 0.6) is 17.2 Å². The van der Waals surface area contributed by atoms with Gasteiger partial charge in [-0.15, -0.1) is 0 Å². The second kappa shape index (κ2) is 13.0. The average molecular weight is 595 g/mol. The molecule has 222 valence electrons. The lowest BCUT2D eigenvalue weighted by atomic mass is 9.99. The highest BCUT2D eigenvalue weighted by atomic mass is 19.4. The SMILES string of the molecule is FC(F)(F)c1cc(C2Oc3cc(OCc4ccccc4)ccc3C=C2OCc2ccccc2)ccc1OCc1ccccc1. The van der Waals surface area contributed by atoms with Crippen LogP contribution in [0.15, 0.2) is 133 Å². The van der Waals surface area contributed by atoms with Crippen molar-refractivity contribution in [3.63, 3.8) is 0 Å². The van der Waals surface area contributed by atoms with Crippen LogP contribution in [0, 0.1) is 0 Å². The standard InChI is InChI=1S/C37H29F3O4/c38-37(39,40)32-20-30(17-19-33(32)42-24-27-12-6-2-7-13-27)36-35(43-25-28-14-8-3-9-15-28)21-29-16-18-31(22-34(29)44-36)41-23-26-10-4-1-5-11-26/h1-22,36H,23-25H2. The van der Waals surface area contributed by atoms with Gasteiger partial charge in [0.15, 0.2) is 6.10 Å². The summed E-state index contributed by atoms with van der Waals surface area (Å²) < 4.78 is 67.1. The molecule has 0 bridgehead atoms. The first-order chi connectivity index (χ1) is 21.4. The van der Waals surface area contributed by atoms with Crippen LogP contribution in [0.1, 0.15) is 39.5 Å². The highest BCUT2D eigenvalue weighted by molar-refractivity contribution is 5.64. The average Bonchev–Trinajstić information content (AvgIpc) is 3.06. The van der Waals surface area contributed by atoms with Crippen LogP contribution in [0.4, 0.5) is 13.2 Å². The number of rotatable bonds is 10. The molecule has 0 fully saturated rings. The second-order valence-electron chi connectivity index (χ2n) is 10.3. The molecule has 5 aromatic carbocycles. The van der Waals surface area contributed by atoms with Gasteiger partial charge in [0.05, 0.1) is 5.56 Å². The molecule has 1 atom stereocenters. The lowest BCUT2D eigenvalue weighted by Gasteiger charge is -2.29. The molecule has 1 heterocycles. The van der Waals surface area contributed by atoms with Gasteiger partial charge in [-0.3, -0.25) is 0 Å². The minimum Gasteiger partial charge on any atom is -0.489 e. The van der Waals surface area contributed by atoms with Crippen molar-refractivity contribution in [2.45, 2.75) is 32.1 Å². The van der Waals surface area contributed by atoms with E-state index in [1.807, 2.05) is 91.0 Å². The van der Waals surface area contributed by atoms with Crippen LogP contribution in [-0.4, -0.2) is 0 Å². The first-order valence-electron chi connectivity index (χ1n) is 14.2. The summed E-state index contributed by atoms with van der Waals surface area (Å²) in [4.78, 5) is 0. The smallest absolute Gasteiger partial charge is 0.419 e. The summed E-state index contributed by atoms with van der Waals surface area (Å²) in [6.45, 7) is 0.599. The predicted octanol–water partition coefficient (Wildman–Crippen LogP) is 9.55. The van der Waals surface area contributed by atoms with Gasteiger partial charge in [-0.1, -0.05) is 97.1 Å². The zero-order valence-corrected chi connectivity index (χ0v) is 23.7. The van der Waals surface area contributed by atoms with Gasteiger partial charge >= 0.3 is 6.18 Å². The fraction of sp³-hybridized carbons (Fsp3) is 0.135. The van der Waals surface area contributed by atoms with E-state index in [1.54, 1.807) is 30.3 Å². The molecule has 0 aliphatic carbocycles. The molecule has 0 aromatic heterocycles. The summed E-state index contributed by atoms with van der Waals surface area (Å²) in [7, 11) is 0. The lowest BCUT2D eigenvalue weighted by Crippen LogP contribution is -2.18. The fourth-order valence-electron chi connectivity index (χ4n) is 4.86. The number of alkyl halides is 3. The normalized spacial score (nSPS) is 14.2. The summed E-state index contributed by atoms with van der Waals surface area (Å²) in [5.74, 6) is 1.19. The Kier molecular flexibility index (Phi) is 8.55. The molecule has 1 unspecified atom stereocenters. The Balaban J connectivity index is 1.30. The van der Waals surface area contributed by atoms with Crippen molar-refractivity contribution >= 4 is 6.08 Å². The number of halogens is 3. The van der Waals surface area contributed by atoms with Crippen LogP contribution < -0.4 is 14.2 Å². The molecule has 44 heavy (non-hydrogen) atoms. The Morgan fingerprint density at radius 3 is 1.75 bits per heavy atom. The van der Waals surface area contributed by atoms with Crippen LogP contribution in [0.2, 0.25) is 0 Å². The van der Waals surface area contributed by atoms with E-state index in [0.717, 1.165) is 28.3 Å². The van der Waals surface area contributed by atoms with E-state index in [2.05, 4.69) is 0 Å². The minimum atomic E-state index is -4.65. The van der Waals surface area contributed by atoms with Crippen molar-refractivity contribution in [3.05, 3.63) is 167 Å². The zero-order valence-electron chi connectivity index (χ0n) is 23.7. The maximum absolute atomic E-state index is 14.3. The maximum Gasteiger partial charge on any atom is 0.419 e. The van der Waals surface area contributed by atoms with Crippen molar-refractivity contribution < 1.29 is 32.1 Å². The highest BCUT2D eigenvalue weighted by Crippen LogP contribution is 2.43. The lowest BCUT2D eigenvalue weighted by molar-refractivity contribution is -0.139. The van der Waals surface area contributed by atoms with Gasteiger partial charge in [0.1, 0.15) is 42.8 Å². The molecule has 0 saturated carbocycles. The van der Waals surface area contributed by atoms with E-state index in [-0.39, 0.29) is 24.5 Å². The van der Waals surface area contributed by atoms with E-state index in [0.29, 0.717) is 23.9 Å². The summed E-state index contributed by atoms with van der Waals surface area (Å²) in [6, 6.07) is 37.8. The van der Waals surface area contributed by atoms with E-state index < -0.39 is 17.8 Å². The van der Waals surface area contributed by atoms with Crippen LogP contribution in [0.3, 0.4) is 0 Å². The summed E-state index contributed by atoms with van der Waals surface area (Å²) in [6.07, 6.45) is -3.78. The highest BCUT2D eigenvalue weighted by Gasteiger charge is 2.37. The van der Waals surface area contributed by atoms with E-state index >= 15 is 0 Å². The third kappa shape index (κ3) is 7.06. The van der Waals surface area contributed by atoms with E-state index in [9.17, 15) is 13.2 Å². The van der Waals surface area contributed by atoms with Crippen molar-refractivity contribution in [2.24, 2.45) is 0 Å². The topological polar surface area (TPSA) is 36.9 Å². The number of ether oxygens (including phenoxy) is 4. The molecule has 7 heteroatoms. The van der Waals surface area contributed by atoms with Crippen LogP contribution in [-0.2, 0) is 30.7 Å². The monoisotopic (exact) mass is 594 g/mol. The van der Waals surface area contributed by atoms with Crippen molar-refractivity contribution in [1.29, 1.82) is 0 Å². The molecule has 0 amide bonds. The zero-order chi connectivity index (χ0) is 30.4. The van der Waals surface area contributed by atoms with Crippen LogP contribution >= 0.6 is 0 Å². The third-order valence-electron chi connectivity index (χ3n) is 7.13. The van der Waals surface area contributed by atoms with Crippen LogP contribution in [0.25, 0.3) is 6.08 Å². The Bertz CT molecular complexity index is 1720. The number of fused-ring (bicyclic) bond motifs is 1. The van der Waals surface area contributed by atoms with Crippen molar-refractivity contribution in [2.75, 3.05) is 0 Å². The molecule has 1 aliphatic rings. The predicted molar refractivity (Wildman–Crippen MR) is 162 cm³/mol. The van der Waals surface area contributed by atoms with Gasteiger partial charge in [0, 0.05) is 17.2 Å². The maximum atomic E-state index is 14.3. The molecule has 5 aromatic rings. The minimum absolute atomic E-state index is 0.00761. The molecule has 0 N–H and O–H groups in total. The van der Waals surface area contributed by atoms with Gasteiger partial charge in [0.25, 0.3) is 0 Å². The number of hydrogen-bond donors (Lipinski definition) is 0. The van der Waals surface area contributed by atoms with E-state index in [4.69, 9.17) is 18.9 Å². The van der Waals surface area contributed by atoms with E-state index in [1.165, 1.54) is 6.07 Å². The van der Waals surface area contributed by atoms with Gasteiger partial charge in [-0.25, -0.2) is 0 Å². The van der Waals surface area contributed by atoms with Gasteiger partial charge in [-0.2, -0.15) is 13.2 Å². The molecule has 4 nitrogen and oxygen atoms in total. The van der Waals surface area contributed by atoms with Crippen molar-refractivity contribution in [3.8, 4) is 17.2 Å². The molecular formula is C37H29F3O4. The van der Waals surface area contributed by atoms with Crippen molar-refractivity contribution in [1.82, 2.24) is 0 Å². The largest absolute Gasteiger partial charge is 0.489 e. The van der Waals surface area contributed by atoms with Gasteiger partial charge in [-0.05, 0) is 47.0 Å². The van der Waals surface area contributed by atoms with Gasteiger partial charge < -0.3 is 18.9 Å². The molecular weight excluding hydrogens is 565 g/mol. The quantitative estimate of drug-likeness (QED) is 0.161. The first-order valence-corrected chi connectivity index (χ1v) is 14.2. The third-order valence-corrected chi connectivity index (χ3v) is 7.13. The summed E-state index contributed by atoms with van der Waals surface area (Å²) >= 11 is 0. The summed E-state index contributed by atoms with van der Waals surface area (Å²) in [5.41, 5.74) is 2.82. The molecule has 0 radical (unpaired) electrons. The Morgan fingerprint density at radius 1 is 0.591 bits per heavy atom. The number of benzene rings is 5. The summed E-state index contributed by atoms with van der Waals surface area (Å²) in [5, 5.41) is 0. The molecule has 1 aliphatic heterocycles. The fourth-order valence-corrected chi connectivity index (χ4v) is 4.86. The molecule has 0 saturated heterocycles. The van der Waals surface area contributed by atoms with Gasteiger partial charge in [0.2, 0.25) is 0 Å². The Hall–Kier alpha value is -5.17. The molecule has 0 spiro atoms.